The maximum absolute atomic E-state index is 12.6. The number of hydrogen-bond donors (Lipinski definition) is 2. The summed E-state index contributed by atoms with van der Waals surface area (Å²) in [6.07, 6.45) is 1.66. The van der Waals surface area contributed by atoms with Gasteiger partial charge in [-0.1, -0.05) is 72.1 Å². The van der Waals surface area contributed by atoms with E-state index < -0.39 is 0 Å². The van der Waals surface area contributed by atoms with Gasteiger partial charge in [-0.2, -0.15) is 5.10 Å². The van der Waals surface area contributed by atoms with Crippen molar-refractivity contribution in [3.8, 4) is 0 Å². The van der Waals surface area contributed by atoms with Crippen molar-refractivity contribution in [2.45, 2.75) is 38.8 Å². The SMILES string of the molecule is CCC1/C(=N/NC(=O)c2snnc2C)CC(c2ccccc2)NC1c1ccccc1. The second kappa shape index (κ2) is 9.28. The largest absolute Gasteiger partial charge is 0.302 e. The molecule has 3 aromatic rings. The van der Waals surface area contributed by atoms with Gasteiger partial charge in [-0.15, -0.1) is 5.10 Å². The van der Waals surface area contributed by atoms with Crippen LogP contribution in [-0.2, 0) is 0 Å². The van der Waals surface area contributed by atoms with Crippen LogP contribution in [0, 0.1) is 12.8 Å². The first-order valence-electron chi connectivity index (χ1n) is 10.2. The number of benzene rings is 2. The van der Waals surface area contributed by atoms with Gasteiger partial charge in [0, 0.05) is 30.1 Å². The molecule has 1 amide bonds. The van der Waals surface area contributed by atoms with Crippen molar-refractivity contribution in [1.29, 1.82) is 0 Å². The van der Waals surface area contributed by atoms with Gasteiger partial charge in [0.05, 0.1) is 5.69 Å². The Hall–Kier alpha value is -2.90. The standard InChI is InChI=1S/C23H25N5OS/c1-3-18-20(26-27-23(29)22-15(2)25-28-30-22)14-19(16-10-6-4-7-11-16)24-21(18)17-12-8-5-9-13-17/h4-13,18-19,21,24H,3,14H2,1-2H3,(H,27,29)/b26-20+. The Morgan fingerprint density at radius 3 is 2.40 bits per heavy atom. The minimum atomic E-state index is -0.254. The number of piperidine rings is 1. The Morgan fingerprint density at radius 2 is 1.80 bits per heavy atom. The van der Waals surface area contributed by atoms with Crippen LogP contribution in [0.4, 0.5) is 0 Å². The molecule has 3 unspecified atom stereocenters. The van der Waals surface area contributed by atoms with Gasteiger partial charge in [-0.25, -0.2) is 5.43 Å². The normalized spacial score (nSPS) is 22.7. The molecule has 2 N–H and O–H groups in total. The molecule has 2 aromatic carbocycles. The molecule has 0 spiro atoms. The maximum Gasteiger partial charge on any atom is 0.285 e. The lowest BCUT2D eigenvalue weighted by Crippen LogP contribution is -2.43. The number of aromatic nitrogens is 2. The molecule has 0 radical (unpaired) electrons. The molecule has 7 heteroatoms. The fourth-order valence-corrected chi connectivity index (χ4v) is 4.59. The molecule has 2 heterocycles. The highest BCUT2D eigenvalue weighted by molar-refractivity contribution is 7.07. The lowest BCUT2D eigenvalue weighted by molar-refractivity contribution is 0.0957. The average Bonchev–Trinajstić information content (AvgIpc) is 3.24. The van der Waals surface area contributed by atoms with E-state index >= 15 is 0 Å². The van der Waals surface area contributed by atoms with E-state index in [1.807, 2.05) is 12.1 Å². The molecule has 154 valence electrons. The van der Waals surface area contributed by atoms with Crippen molar-refractivity contribution in [3.05, 3.63) is 82.4 Å². The maximum atomic E-state index is 12.6. The quantitative estimate of drug-likeness (QED) is 0.600. The number of carbonyl (C=O) groups excluding carboxylic acids is 1. The number of amides is 1. The summed E-state index contributed by atoms with van der Waals surface area (Å²) in [5.41, 5.74) is 6.83. The molecule has 4 rings (SSSR count). The van der Waals surface area contributed by atoms with E-state index in [0.717, 1.165) is 30.1 Å². The molecule has 0 aliphatic carbocycles. The summed E-state index contributed by atoms with van der Waals surface area (Å²) >= 11 is 1.09. The highest BCUT2D eigenvalue weighted by Gasteiger charge is 2.35. The Kier molecular flexibility index (Phi) is 6.30. The summed E-state index contributed by atoms with van der Waals surface area (Å²) in [4.78, 5) is 13.1. The Labute approximate surface area is 180 Å². The van der Waals surface area contributed by atoms with Crippen LogP contribution in [0.2, 0.25) is 0 Å². The highest BCUT2D eigenvalue weighted by atomic mass is 32.1. The van der Waals surface area contributed by atoms with Gasteiger partial charge in [-0.3, -0.25) is 4.79 Å². The van der Waals surface area contributed by atoms with Gasteiger partial charge in [0.25, 0.3) is 5.91 Å². The number of carbonyl (C=O) groups is 1. The minimum absolute atomic E-state index is 0.123. The van der Waals surface area contributed by atoms with Crippen LogP contribution in [0.25, 0.3) is 0 Å². The van der Waals surface area contributed by atoms with E-state index in [-0.39, 0.29) is 23.9 Å². The van der Waals surface area contributed by atoms with E-state index in [2.05, 4.69) is 80.9 Å². The summed E-state index contributed by atoms with van der Waals surface area (Å²) < 4.78 is 3.84. The molecule has 1 aromatic heterocycles. The Balaban J connectivity index is 1.65. The van der Waals surface area contributed by atoms with Crippen LogP contribution in [0.5, 0.6) is 0 Å². The smallest absolute Gasteiger partial charge is 0.285 e. The number of hydrazone groups is 1. The molecule has 1 saturated heterocycles. The number of nitrogens with one attached hydrogen (secondary N) is 2. The first-order valence-corrected chi connectivity index (χ1v) is 11.0. The van der Waals surface area contributed by atoms with Crippen molar-refractivity contribution < 1.29 is 4.79 Å². The zero-order valence-electron chi connectivity index (χ0n) is 17.1. The van der Waals surface area contributed by atoms with Gasteiger partial charge in [0.1, 0.15) is 4.88 Å². The zero-order chi connectivity index (χ0) is 20.9. The van der Waals surface area contributed by atoms with E-state index in [0.29, 0.717) is 10.6 Å². The molecule has 6 nitrogen and oxygen atoms in total. The molecule has 1 fully saturated rings. The van der Waals surface area contributed by atoms with Crippen LogP contribution in [0.1, 0.15) is 58.3 Å². The number of rotatable bonds is 5. The van der Waals surface area contributed by atoms with E-state index in [9.17, 15) is 4.79 Å². The predicted octanol–water partition coefficient (Wildman–Crippen LogP) is 4.43. The van der Waals surface area contributed by atoms with Gasteiger partial charge >= 0.3 is 0 Å². The number of hydrogen-bond acceptors (Lipinski definition) is 6. The lowest BCUT2D eigenvalue weighted by Gasteiger charge is -2.39. The van der Waals surface area contributed by atoms with Crippen molar-refractivity contribution in [3.63, 3.8) is 0 Å². The molecule has 0 saturated carbocycles. The Morgan fingerprint density at radius 1 is 1.13 bits per heavy atom. The topological polar surface area (TPSA) is 79.3 Å². The number of nitrogens with zero attached hydrogens (tertiary/aromatic N) is 3. The molecular formula is C23H25N5OS. The predicted molar refractivity (Wildman–Crippen MR) is 119 cm³/mol. The van der Waals surface area contributed by atoms with Gasteiger partial charge < -0.3 is 5.32 Å². The molecular weight excluding hydrogens is 394 g/mol. The molecule has 1 aliphatic rings. The lowest BCUT2D eigenvalue weighted by atomic mass is 9.79. The second-order valence-corrected chi connectivity index (χ2v) is 8.22. The van der Waals surface area contributed by atoms with E-state index in [1.54, 1.807) is 6.92 Å². The third-order valence-corrected chi connectivity index (χ3v) is 6.41. The van der Waals surface area contributed by atoms with Crippen LogP contribution < -0.4 is 10.7 Å². The van der Waals surface area contributed by atoms with Gasteiger partial charge in [0.15, 0.2) is 0 Å². The number of aryl methyl sites for hydroxylation is 1. The van der Waals surface area contributed by atoms with Crippen molar-refractivity contribution >= 4 is 23.2 Å². The first kappa shape index (κ1) is 20.4. The second-order valence-electron chi connectivity index (χ2n) is 7.47. The third-order valence-electron chi connectivity index (χ3n) is 5.58. The molecule has 3 atom stereocenters. The highest BCUT2D eigenvalue weighted by Crippen LogP contribution is 2.37. The third kappa shape index (κ3) is 4.32. The monoisotopic (exact) mass is 419 g/mol. The van der Waals surface area contributed by atoms with Crippen LogP contribution in [0.15, 0.2) is 65.8 Å². The minimum Gasteiger partial charge on any atom is -0.302 e. The summed E-state index contributed by atoms with van der Waals surface area (Å²) in [6.45, 7) is 3.95. The van der Waals surface area contributed by atoms with Crippen LogP contribution >= 0.6 is 11.5 Å². The van der Waals surface area contributed by atoms with Crippen molar-refractivity contribution in [1.82, 2.24) is 20.3 Å². The van der Waals surface area contributed by atoms with Gasteiger partial charge in [0.2, 0.25) is 0 Å². The zero-order valence-corrected chi connectivity index (χ0v) is 17.9. The van der Waals surface area contributed by atoms with E-state index in [4.69, 9.17) is 0 Å². The summed E-state index contributed by atoms with van der Waals surface area (Å²) in [5, 5.41) is 12.4. The fourth-order valence-electron chi connectivity index (χ4n) is 4.05. The van der Waals surface area contributed by atoms with Crippen LogP contribution in [-0.4, -0.2) is 21.2 Å². The Bertz CT molecular complexity index is 1020. The van der Waals surface area contributed by atoms with Crippen molar-refractivity contribution in [2.75, 3.05) is 0 Å². The molecule has 0 bridgehead atoms. The van der Waals surface area contributed by atoms with Gasteiger partial charge in [-0.05, 0) is 36.0 Å². The van der Waals surface area contributed by atoms with Crippen LogP contribution in [0.3, 0.4) is 0 Å². The molecule has 1 aliphatic heterocycles. The summed E-state index contributed by atoms with van der Waals surface area (Å²) in [7, 11) is 0. The average molecular weight is 420 g/mol. The van der Waals surface area contributed by atoms with E-state index in [1.165, 1.54) is 11.1 Å². The molecule has 30 heavy (non-hydrogen) atoms. The summed E-state index contributed by atoms with van der Waals surface area (Å²) in [6, 6.07) is 21.1. The van der Waals surface area contributed by atoms with Crippen molar-refractivity contribution in [2.24, 2.45) is 11.0 Å². The first-order chi connectivity index (χ1) is 14.7. The fraction of sp³-hybridized carbons (Fsp3) is 0.304. The summed E-state index contributed by atoms with van der Waals surface area (Å²) in [5.74, 6) is -0.0655.